The number of benzene rings is 1. The zero-order chi connectivity index (χ0) is 13.0. The summed E-state index contributed by atoms with van der Waals surface area (Å²) in [7, 11) is 0. The topological polar surface area (TPSA) is 45.1 Å². The van der Waals surface area contributed by atoms with Gasteiger partial charge in [0.05, 0.1) is 6.10 Å². The Bertz CT molecular complexity index is 511. The van der Waals surface area contributed by atoms with Crippen molar-refractivity contribution in [3.8, 4) is 0 Å². The van der Waals surface area contributed by atoms with Crippen molar-refractivity contribution in [2.45, 2.75) is 20.0 Å². The van der Waals surface area contributed by atoms with Gasteiger partial charge in [-0.15, -0.1) is 0 Å². The maximum absolute atomic E-state index is 10.0. The highest BCUT2D eigenvalue weighted by molar-refractivity contribution is 5.52. The van der Waals surface area contributed by atoms with E-state index in [1.807, 2.05) is 18.2 Å². The lowest BCUT2D eigenvalue weighted by Gasteiger charge is -2.14. The second kappa shape index (κ2) is 5.65. The molecule has 1 atom stereocenters. The predicted molar refractivity (Wildman–Crippen MR) is 73.6 cm³/mol. The number of hydrogen-bond acceptors (Lipinski definition) is 3. The summed E-state index contributed by atoms with van der Waals surface area (Å²) < 4.78 is 0. The molecule has 2 rings (SSSR count). The summed E-state index contributed by atoms with van der Waals surface area (Å²) in [5.41, 5.74) is 4.32. The molecule has 0 saturated carbocycles. The van der Waals surface area contributed by atoms with E-state index in [9.17, 15) is 5.11 Å². The van der Waals surface area contributed by atoms with Crippen LogP contribution < -0.4 is 5.32 Å². The van der Waals surface area contributed by atoms with Crippen LogP contribution in [0.5, 0.6) is 0 Å². The number of nitrogens with one attached hydrogen (secondary N) is 1. The molecule has 2 N–H and O–H groups in total. The number of aromatic nitrogens is 1. The van der Waals surface area contributed by atoms with Crippen molar-refractivity contribution in [2.24, 2.45) is 0 Å². The fourth-order valence-electron chi connectivity index (χ4n) is 1.91. The van der Waals surface area contributed by atoms with Gasteiger partial charge in [-0.3, -0.25) is 4.98 Å². The van der Waals surface area contributed by atoms with Crippen LogP contribution in [0.25, 0.3) is 0 Å². The van der Waals surface area contributed by atoms with Gasteiger partial charge >= 0.3 is 0 Å². The molecule has 1 unspecified atom stereocenters. The van der Waals surface area contributed by atoms with Gasteiger partial charge < -0.3 is 10.4 Å². The molecule has 2 aromatic rings. The number of aliphatic hydroxyl groups excluding tert-OH is 1. The van der Waals surface area contributed by atoms with Gasteiger partial charge in [0.15, 0.2) is 0 Å². The third-order valence-corrected chi connectivity index (χ3v) is 2.94. The zero-order valence-corrected chi connectivity index (χ0v) is 10.7. The monoisotopic (exact) mass is 242 g/mol. The minimum absolute atomic E-state index is 0.482. The van der Waals surface area contributed by atoms with Crippen LogP contribution in [0.1, 0.15) is 22.8 Å². The number of hydrogen-bond donors (Lipinski definition) is 2. The van der Waals surface area contributed by atoms with E-state index in [-0.39, 0.29) is 0 Å². The Morgan fingerprint density at radius 1 is 1.28 bits per heavy atom. The molecule has 0 aliphatic carbocycles. The number of nitrogens with zero attached hydrogens (tertiary/aromatic N) is 1. The summed E-state index contributed by atoms with van der Waals surface area (Å²) >= 11 is 0. The Morgan fingerprint density at radius 3 is 2.78 bits per heavy atom. The molecule has 1 aromatic carbocycles. The van der Waals surface area contributed by atoms with Crippen molar-refractivity contribution in [3.63, 3.8) is 0 Å². The van der Waals surface area contributed by atoms with Crippen LogP contribution in [0, 0.1) is 13.8 Å². The SMILES string of the molecule is Cc1ccc(NCC(O)c2cccnc2)c(C)c1. The van der Waals surface area contributed by atoms with E-state index in [1.165, 1.54) is 11.1 Å². The largest absolute Gasteiger partial charge is 0.387 e. The molecule has 0 amide bonds. The highest BCUT2D eigenvalue weighted by Gasteiger charge is 2.07. The molecular formula is C15H18N2O. The van der Waals surface area contributed by atoms with Crippen LogP contribution in [0.15, 0.2) is 42.7 Å². The van der Waals surface area contributed by atoms with Crippen LogP contribution in [0.3, 0.4) is 0 Å². The lowest BCUT2D eigenvalue weighted by molar-refractivity contribution is 0.191. The fraction of sp³-hybridized carbons (Fsp3) is 0.267. The Morgan fingerprint density at radius 2 is 2.11 bits per heavy atom. The number of anilines is 1. The number of aryl methyl sites for hydroxylation is 2. The van der Waals surface area contributed by atoms with Crippen LogP contribution >= 0.6 is 0 Å². The van der Waals surface area contributed by atoms with Crippen LogP contribution in [-0.4, -0.2) is 16.6 Å². The quantitative estimate of drug-likeness (QED) is 0.866. The molecule has 18 heavy (non-hydrogen) atoms. The van der Waals surface area contributed by atoms with Gasteiger partial charge in [-0.1, -0.05) is 23.8 Å². The highest BCUT2D eigenvalue weighted by Crippen LogP contribution is 2.18. The molecule has 3 heteroatoms. The van der Waals surface area contributed by atoms with Crippen molar-refractivity contribution >= 4 is 5.69 Å². The fourth-order valence-corrected chi connectivity index (χ4v) is 1.91. The molecule has 1 aromatic heterocycles. The maximum atomic E-state index is 10.0. The van der Waals surface area contributed by atoms with E-state index in [1.54, 1.807) is 12.4 Å². The number of pyridine rings is 1. The Hall–Kier alpha value is -1.87. The summed E-state index contributed by atoms with van der Waals surface area (Å²) in [6.07, 6.45) is 2.85. The van der Waals surface area contributed by atoms with Crippen LogP contribution in [-0.2, 0) is 0 Å². The van der Waals surface area contributed by atoms with Crippen molar-refractivity contribution in [1.29, 1.82) is 0 Å². The molecule has 0 bridgehead atoms. The van der Waals surface area contributed by atoms with Crippen LogP contribution in [0.2, 0.25) is 0 Å². The lowest BCUT2D eigenvalue weighted by Crippen LogP contribution is -2.12. The first kappa shape index (κ1) is 12.6. The van der Waals surface area contributed by atoms with Gasteiger partial charge in [0.2, 0.25) is 0 Å². The van der Waals surface area contributed by atoms with E-state index in [4.69, 9.17) is 0 Å². The maximum Gasteiger partial charge on any atom is 0.0977 e. The van der Waals surface area contributed by atoms with Gasteiger partial charge in [0.1, 0.15) is 0 Å². The van der Waals surface area contributed by atoms with Gasteiger partial charge in [-0.25, -0.2) is 0 Å². The zero-order valence-electron chi connectivity index (χ0n) is 10.7. The molecule has 3 nitrogen and oxygen atoms in total. The van der Waals surface area contributed by atoms with E-state index < -0.39 is 6.10 Å². The van der Waals surface area contributed by atoms with E-state index in [0.29, 0.717) is 6.54 Å². The van der Waals surface area contributed by atoms with Crippen LogP contribution in [0.4, 0.5) is 5.69 Å². The first-order valence-electron chi connectivity index (χ1n) is 6.06. The first-order valence-corrected chi connectivity index (χ1v) is 6.06. The normalized spacial score (nSPS) is 12.2. The van der Waals surface area contributed by atoms with E-state index >= 15 is 0 Å². The third kappa shape index (κ3) is 3.08. The predicted octanol–water partition coefficient (Wildman–Crippen LogP) is 2.84. The van der Waals surface area contributed by atoms with Crippen molar-refractivity contribution in [3.05, 3.63) is 59.4 Å². The number of rotatable bonds is 4. The summed E-state index contributed by atoms with van der Waals surface area (Å²) in [6, 6.07) is 9.93. The van der Waals surface area contributed by atoms with E-state index in [2.05, 4.69) is 36.3 Å². The minimum Gasteiger partial charge on any atom is -0.387 e. The van der Waals surface area contributed by atoms with E-state index in [0.717, 1.165) is 11.3 Å². The summed E-state index contributed by atoms with van der Waals surface area (Å²) in [5, 5.41) is 13.3. The highest BCUT2D eigenvalue weighted by atomic mass is 16.3. The second-order valence-electron chi connectivity index (χ2n) is 4.50. The summed E-state index contributed by atoms with van der Waals surface area (Å²) in [6.45, 7) is 4.61. The van der Waals surface area contributed by atoms with Crippen molar-refractivity contribution in [2.75, 3.05) is 11.9 Å². The first-order chi connectivity index (χ1) is 8.66. The number of aliphatic hydroxyl groups is 1. The van der Waals surface area contributed by atoms with Gasteiger partial charge in [0.25, 0.3) is 0 Å². The molecule has 0 aliphatic rings. The molecule has 0 radical (unpaired) electrons. The average Bonchev–Trinajstić information content (AvgIpc) is 2.38. The van der Waals surface area contributed by atoms with Gasteiger partial charge in [0, 0.05) is 30.2 Å². The molecule has 0 saturated heterocycles. The Balaban J connectivity index is 1.99. The molecule has 0 spiro atoms. The van der Waals surface area contributed by atoms with Gasteiger partial charge in [-0.05, 0) is 31.5 Å². The average molecular weight is 242 g/mol. The molecule has 0 aliphatic heterocycles. The van der Waals surface area contributed by atoms with Crippen molar-refractivity contribution < 1.29 is 5.11 Å². The molecular weight excluding hydrogens is 224 g/mol. The standard InChI is InChI=1S/C15H18N2O/c1-11-5-6-14(12(2)8-11)17-10-15(18)13-4-3-7-16-9-13/h3-9,15,17-18H,10H2,1-2H3. The Labute approximate surface area is 108 Å². The second-order valence-corrected chi connectivity index (χ2v) is 4.50. The molecule has 1 heterocycles. The molecule has 94 valence electrons. The minimum atomic E-state index is -0.542. The third-order valence-electron chi connectivity index (χ3n) is 2.94. The smallest absolute Gasteiger partial charge is 0.0977 e. The summed E-state index contributed by atoms with van der Waals surface area (Å²) in [4.78, 5) is 4.00. The summed E-state index contributed by atoms with van der Waals surface area (Å²) in [5.74, 6) is 0. The lowest BCUT2D eigenvalue weighted by atomic mass is 10.1. The van der Waals surface area contributed by atoms with Gasteiger partial charge in [-0.2, -0.15) is 0 Å². The van der Waals surface area contributed by atoms with Crippen molar-refractivity contribution in [1.82, 2.24) is 4.98 Å². The Kier molecular flexibility index (Phi) is 3.95. The molecule has 0 fully saturated rings.